The highest BCUT2D eigenvalue weighted by atomic mass is 15.2. The van der Waals surface area contributed by atoms with E-state index in [0.29, 0.717) is 6.04 Å². The summed E-state index contributed by atoms with van der Waals surface area (Å²) >= 11 is 0. The number of anilines is 1. The quantitative estimate of drug-likeness (QED) is 0.859. The molecule has 0 aromatic carbocycles. The molecule has 1 aromatic heterocycles. The molecular weight excluding hydrogens is 246 g/mol. The molecule has 0 aliphatic carbocycles. The summed E-state index contributed by atoms with van der Waals surface area (Å²) in [6.45, 7) is 12.0. The van der Waals surface area contributed by atoms with Gasteiger partial charge in [-0.15, -0.1) is 0 Å². The van der Waals surface area contributed by atoms with Crippen molar-refractivity contribution in [3.05, 3.63) is 23.4 Å². The predicted molar refractivity (Wildman–Crippen MR) is 88.5 cm³/mol. The summed E-state index contributed by atoms with van der Waals surface area (Å²) < 4.78 is 0. The highest BCUT2D eigenvalue weighted by molar-refractivity contribution is 5.44. The maximum Gasteiger partial charge on any atom is 0.129 e. The van der Waals surface area contributed by atoms with Crippen molar-refractivity contribution in [1.82, 2.24) is 10.3 Å². The van der Waals surface area contributed by atoms with E-state index in [-0.39, 0.29) is 5.41 Å². The molecule has 0 fully saturated rings. The minimum Gasteiger partial charge on any atom is -0.357 e. The third-order valence-electron chi connectivity index (χ3n) is 3.87. The average molecular weight is 277 g/mol. The number of nitrogens with zero attached hydrogens (tertiary/aromatic N) is 2. The number of nitrogens with one attached hydrogen (secondary N) is 1. The minimum atomic E-state index is 0.0767. The first-order valence-electron chi connectivity index (χ1n) is 7.72. The van der Waals surface area contributed by atoms with Gasteiger partial charge in [-0.2, -0.15) is 0 Å². The monoisotopic (exact) mass is 277 g/mol. The molecule has 3 nitrogen and oxygen atoms in total. The first-order chi connectivity index (χ1) is 9.33. The van der Waals surface area contributed by atoms with Crippen LogP contribution in [0.3, 0.4) is 0 Å². The normalized spacial score (nSPS) is 12.0. The van der Waals surface area contributed by atoms with Gasteiger partial charge in [0, 0.05) is 30.7 Å². The lowest BCUT2D eigenvalue weighted by Gasteiger charge is -2.29. The van der Waals surface area contributed by atoms with E-state index in [1.807, 2.05) is 7.05 Å². The van der Waals surface area contributed by atoms with Gasteiger partial charge in [0.2, 0.25) is 0 Å². The van der Waals surface area contributed by atoms with E-state index in [0.717, 1.165) is 30.9 Å². The van der Waals surface area contributed by atoms with Crippen molar-refractivity contribution in [2.75, 3.05) is 19.0 Å². The SMILES string of the molecule is CCC(CC)N(C)c1cc(CNC)cc(C(C)(C)C)n1. The summed E-state index contributed by atoms with van der Waals surface area (Å²) in [5.41, 5.74) is 2.55. The van der Waals surface area contributed by atoms with Gasteiger partial charge in [0.1, 0.15) is 5.82 Å². The molecule has 0 saturated heterocycles. The molecule has 0 atom stereocenters. The predicted octanol–water partition coefficient (Wildman–Crippen LogP) is 3.72. The van der Waals surface area contributed by atoms with Crippen molar-refractivity contribution in [3.8, 4) is 0 Å². The molecule has 0 spiro atoms. The maximum atomic E-state index is 4.90. The largest absolute Gasteiger partial charge is 0.357 e. The first-order valence-corrected chi connectivity index (χ1v) is 7.72. The van der Waals surface area contributed by atoms with E-state index in [4.69, 9.17) is 4.98 Å². The third kappa shape index (κ3) is 4.20. The van der Waals surface area contributed by atoms with Gasteiger partial charge in [-0.1, -0.05) is 34.6 Å². The lowest BCUT2D eigenvalue weighted by Crippen LogP contribution is -2.32. The Kier molecular flexibility index (Phi) is 6.00. The summed E-state index contributed by atoms with van der Waals surface area (Å²) in [4.78, 5) is 7.23. The highest BCUT2D eigenvalue weighted by Crippen LogP contribution is 2.26. The van der Waals surface area contributed by atoms with Crippen molar-refractivity contribution in [2.24, 2.45) is 0 Å². The second-order valence-electron chi connectivity index (χ2n) is 6.58. The van der Waals surface area contributed by atoms with Gasteiger partial charge < -0.3 is 10.2 Å². The molecule has 0 radical (unpaired) electrons. The standard InChI is InChI=1S/C17H31N3/c1-8-14(9-2)20(7)16-11-13(12-18-6)10-15(19-16)17(3,4)5/h10-11,14,18H,8-9,12H2,1-7H3. The molecule has 0 unspecified atom stereocenters. The zero-order valence-electron chi connectivity index (χ0n) is 14.2. The Morgan fingerprint density at radius 2 is 1.80 bits per heavy atom. The smallest absolute Gasteiger partial charge is 0.129 e. The lowest BCUT2D eigenvalue weighted by atomic mass is 9.90. The zero-order chi connectivity index (χ0) is 15.3. The molecule has 1 rings (SSSR count). The van der Waals surface area contributed by atoms with Crippen LogP contribution in [-0.4, -0.2) is 25.1 Å². The van der Waals surface area contributed by atoms with Crippen molar-refractivity contribution in [3.63, 3.8) is 0 Å². The second-order valence-corrected chi connectivity index (χ2v) is 6.58. The topological polar surface area (TPSA) is 28.2 Å². The molecule has 0 aliphatic heterocycles. The molecular formula is C17H31N3. The minimum absolute atomic E-state index is 0.0767. The summed E-state index contributed by atoms with van der Waals surface area (Å²) in [6, 6.07) is 4.99. The van der Waals surface area contributed by atoms with E-state index in [1.165, 1.54) is 5.56 Å². The number of hydrogen-bond acceptors (Lipinski definition) is 3. The van der Waals surface area contributed by atoms with Crippen LogP contribution in [-0.2, 0) is 12.0 Å². The van der Waals surface area contributed by atoms with Gasteiger partial charge in [-0.25, -0.2) is 4.98 Å². The van der Waals surface area contributed by atoms with E-state index >= 15 is 0 Å². The van der Waals surface area contributed by atoms with E-state index < -0.39 is 0 Å². The molecule has 0 aliphatic rings. The van der Waals surface area contributed by atoms with E-state index in [1.54, 1.807) is 0 Å². The Morgan fingerprint density at radius 3 is 2.25 bits per heavy atom. The summed E-state index contributed by atoms with van der Waals surface area (Å²) in [6.07, 6.45) is 2.30. The van der Waals surface area contributed by atoms with Crippen LogP contribution in [0.1, 0.15) is 58.7 Å². The van der Waals surface area contributed by atoms with Gasteiger partial charge >= 0.3 is 0 Å². The molecule has 114 valence electrons. The molecule has 0 amide bonds. The Bertz CT molecular complexity index is 417. The molecule has 1 heterocycles. The summed E-state index contributed by atoms with van der Waals surface area (Å²) in [5.74, 6) is 1.09. The second kappa shape index (κ2) is 7.07. The van der Waals surface area contributed by atoms with Gasteiger partial charge in [-0.3, -0.25) is 0 Å². The fraction of sp³-hybridized carbons (Fsp3) is 0.706. The van der Waals surface area contributed by atoms with Crippen molar-refractivity contribution >= 4 is 5.82 Å². The van der Waals surface area contributed by atoms with Gasteiger partial charge in [0.05, 0.1) is 0 Å². The number of rotatable bonds is 6. The first kappa shape index (κ1) is 17.0. The zero-order valence-corrected chi connectivity index (χ0v) is 14.2. The van der Waals surface area contributed by atoms with Crippen LogP contribution < -0.4 is 10.2 Å². The van der Waals surface area contributed by atoms with E-state index in [2.05, 4.69) is 64.0 Å². The van der Waals surface area contributed by atoms with E-state index in [9.17, 15) is 0 Å². The molecule has 20 heavy (non-hydrogen) atoms. The Hall–Kier alpha value is -1.09. The van der Waals surface area contributed by atoms with Crippen LogP contribution in [0.15, 0.2) is 12.1 Å². The van der Waals surface area contributed by atoms with Gasteiger partial charge in [0.15, 0.2) is 0 Å². The molecule has 3 heteroatoms. The van der Waals surface area contributed by atoms with Crippen LogP contribution in [0.2, 0.25) is 0 Å². The van der Waals surface area contributed by atoms with Crippen molar-refractivity contribution in [1.29, 1.82) is 0 Å². The molecule has 0 bridgehead atoms. The lowest BCUT2D eigenvalue weighted by molar-refractivity contribution is 0.555. The molecule has 1 aromatic rings. The maximum absolute atomic E-state index is 4.90. The Morgan fingerprint density at radius 1 is 1.20 bits per heavy atom. The van der Waals surface area contributed by atoms with Gasteiger partial charge in [0.25, 0.3) is 0 Å². The molecule has 0 saturated carbocycles. The number of aromatic nitrogens is 1. The van der Waals surface area contributed by atoms with Gasteiger partial charge in [-0.05, 0) is 37.6 Å². The van der Waals surface area contributed by atoms with Crippen LogP contribution in [0.5, 0.6) is 0 Å². The summed E-state index contributed by atoms with van der Waals surface area (Å²) in [7, 11) is 4.15. The van der Waals surface area contributed by atoms with Crippen LogP contribution in [0.25, 0.3) is 0 Å². The molecule has 1 N–H and O–H groups in total. The van der Waals surface area contributed by atoms with Crippen LogP contribution in [0, 0.1) is 0 Å². The Balaban J connectivity index is 3.21. The fourth-order valence-electron chi connectivity index (χ4n) is 2.47. The van der Waals surface area contributed by atoms with Crippen LogP contribution in [0.4, 0.5) is 5.82 Å². The third-order valence-corrected chi connectivity index (χ3v) is 3.87. The number of pyridine rings is 1. The van der Waals surface area contributed by atoms with Crippen molar-refractivity contribution in [2.45, 2.75) is 65.5 Å². The van der Waals surface area contributed by atoms with Crippen LogP contribution >= 0.6 is 0 Å². The number of hydrogen-bond donors (Lipinski definition) is 1. The summed E-state index contributed by atoms with van der Waals surface area (Å²) in [5, 5.41) is 3.24. The van der Waals surface area contributed by atoms with Crippen molar-refractivity contribution < 1.29 is 0 Å². The highest BCUT2D eigenvalue weighted by Gasteiger charge is 2.20. The fourth-order valence-corrected chi connectivity index (χ4v) is 2.47. The average Bonchev–Trinajstić information content (AvgIpc) is 2.39. The Labute approximate surface area is 124 Å².